The fourth-order valence-electron chi connectivity index (χ4n) is 2.03. The van der Waals surface area contributed by atoms with Gasteiger partial charge in [0, 0.05) is 19.4 Å². The predicted octanol–water partition coefficient (Wildman–Crippen LogP) is 2.49. The minimum atomic E-state index is -4.88. The molecule has 0 aromatic rings. The largest absolute Gasteiger partial charge is 0.418 e. The lowest BCUT2D eigenvalue weighted by atomic mass is 9.75. The van der Waals surface area contributed by atoms with Crippen LogP contribution in [0.15, 0.2) is 0 Å². The van der Waals surface area contributed by atoms with Crippen LogP contribution in [0.3, 0.4) is 0 Å². The van der Waals surface area contributed by atoms with Gasteiger partial charge in [0.2, 0.25) is 5.92 Å². The highest BCUT2D eigenvalue weighted by molar-refractivity contribution is 5.85. The molecule has 0 aromatic carbocycles. The maximum absolute atomic E-state index is 12.8. The van der Waals surface area contributed by atoms with Crippen LogP contribution in [-0.2, 0) is 0 Å². The SMILES string of the molecule is Cl.NCC(O)(C1CCC(F)(F)CC1)C(F)(F)F. The first-order valence-corrected chi connectivity index (χ1v) is 4.99. The fourth-order valence-corrected chi connectivity index (χ4v) is 2.03. The molecule has 8 heteroatoms. The van der Waals surface area contributed by atoms with Crippen molar-refractivity contribution in [1.82, 2.24) is 0 Å². The second-order valence-electron chi connectivity index (χ2n) is 4.26. The van der Waals surface area contributed by atoms with Crippen molar-refractivity contribution in [3.8, 4) is 0 Å². The van der Waals surface area contributed by atoms with Gasteiger partial charge >= 0.3 is 6.18 Å². The summed E-state index contributed by atoms with van der Waals surface area (Å²) in [7, 11) is 0. The number of alkyl halides is 5. The van der Waals surface area contributed by atoms with E-state index in [0.717, 1.165) is 0 Å². The summed E-state index contributed by atoms with van der Waals surface area (Å²) in [5.41, 5.74) is 1.90. The van der Waals surface area contributed by atoms with E-state index in [1.807, 2.05) is 0 Å². The second-order valence-corrected chi connectivity index (χ2v) is 4.26. The number of nitrogens with two attached hydrogens (primary N) is 1. The van der Waals surface area contributed by atoms with E-state index in [-0.39, 0.29) is 25.2 Å². The molecule has 0 amide bonds. The molecular weight excluding hydrogens is 269 g/mol. The molecule has 1 saturated carbocycles. The first-order valence-electron chi connectivity index (χ1n) is 4.99. The van der Waals surface area contributed by atoms with E-state index in [4.69, 9.17) is 5.73 Å². The Balaban J connectivity index is 0.00000256. The first-order chi connectivity index (χ1) is 7.12. The molecule has 0 radical (unpaired) electrons. The van der Waals surface area contributed by atoms with Crippen molar-refractivity contribution in [3.05, 3.63) is 0 Å². The number of hydrogen-bond donors (Lipinski definition) is 2. The Morgan fingerprint density at radius 1 is 1.18 bits per heavy atom. The van der Waals surface area contributed by atoms with Gasteiger partial charge < -0.3 is 10.8 Å². The summed E-state index contributed by atoms with van der Waals surface area (Å²) in [6.45, 7) is -0.993. The number of rotatable bonds is 2. The molecule has 17 heavy (non-hydrogen) atoms. The lowest BCUT2D eigenvalue weighted by Crippen LogP contribution is -2.57. The van der Waals surface area contributed by atoms with Crippen molar-refractivity contribution >= 4 is 12.4 Å². The Kier molecular flexibility index (Phi) is 5.19. The van der Waals surface area contributed by atoms with E-state index in [1.165, 1.54) is 0 Å². The Morgan fingerprint density at radius 3 is 1.88 bits per heavy atom. The van der Waals surface area contributed by atoms with Gasteiger partial charge in [-0.1, -0.05) is 0 Å². The van der Waals surface area contributed by atoms with E-state index >= 15 is 0 Å². The zero-order chi connectivity index (χ0) is 12.6. The van der Waals surface area contributed by atoms with Crippen LogP contribution in [-0.4, -0.2) is 29.4 Å². The van der Waals surface area contributed by atoms with Gasteiger partial charge in [-0.05, 0) is 18.8 Å². The van der Waals surface area contributed by atoms with Crippen molar-refractivity contribution in [1.29, 1.82) is 0 Å². The van der Waals surface area contributed by atoms with Crippen molar-refractivity contribution in [2.45, 2.75) is 43.4 Å². The molecular formula is C9H15ClF5NO. The highest BCUT2D eigenvalue weighted by Gasteiger charge is 2.58. The summed E-state index contributed by atoms with van der Waals surface area (Å²) in [6, 6.07) is 0. The minimum Gasteiger partial charge on any atom is -0.379 e. The molecule has 1 fully saturated rings. The normalized spacial score (nSPS) is 24.9. The summed E-state index contributed by atoms with van der Waals surface area (Å²) < 4.78 is 63.2. The summed E-state index contributed by atoms with van der Waals surface area (Å²) in [6.07, 6.45) is -6.86. The van der Waals surface area contributed by atoms with Gasteiger partial charge in [-0.3, -0.25) is 0 Å². The molecule has 1 aliphatic carbocycles. The van der Waals surface area contributed by atoms with Gasteiger partial charge in [0.05, 0.1) is 0 Å². The summed E-state index contributed by atoms with van der Waals surface area (Å²) in [5.74, 6) is -4.16. The van der Waals surface area contributed by atoms with Gasteiger partial charge in [-0.25, -0.2) is 8.78 Å². The minimum absolute atomic E-state index is 0. The quantitative estimate of drug-likeness (QED) is 0.765. The average Bonchev–Trinajstić information content (AvgIpc) is 2.14. The van der Waals surface area contributed by atoms with Crippen molar-refractivity contribution in [2.24, 2.45) is 11.7 Å². The third kappa shape index (κ3) is 3.42. The number of hydrogen-bond acceptors (Lipinski definition) is 2. The van der Waals surface area contributed by atoms with Crippen LogP contribution in [0, 0.1) is 5.92 Å². The lowest BCUT2D eigenvalue weighted by molar-refractivity contribution is -0.281. The third-order valence-electron chi connectivity index (χ3n) is 3.19. The smallest absolute Gasteiger partial charge is 0.379 e. The van der Waals surface area contributed by atoms with Crippen LogP contribution in [0.4, 0.5) is 22.0 Å². The van der Waals surface area contributed by atoms with Crippen molar-refractivity contribution in [3.63, 3.8) is 0 Å². The summed E-state index contributed by atoms with van der Waals surface area (Å²) in [4.78, 5) is 0. The maximum atomic E-state index is 12.8. The molecule has 0 bridgehead atoms. The predicted molar refractivity (Wildman–Crippen MR) is 54.2 cm³/mol. The van der Waals surface area contributed by atoms with E-state index < -0.39 is 43.0 Å². The fraction of sp³-hybridized carbons (Fsp3) is 1.00. The molecule has 0 aliphatic heterocycles. The van der Waals surface area contributed by atoms with Crippen LogP contribution < -0.4 is 5.73 Å². The number of aliphatic hydroxyl groups is 1. The summed E-state index contributed by atoms with van der Waals surface area (Å²) in [5, 5.41) is 9.46. The zero-order valence-corrected chi connectivity index (χ0v) is 9.75. The molecule has 1 unspecified atom stereocenters. The van der Waals surface area contributed by atoms with Crippen LogP contribution in [0.2, 0.25) is 0 Å². The van der Waals surface area contributed by atoms with Gasteiger partial charge in [-0.2, -0.15) is 13.2 Å². The zero-order valence-electron chi connectivity index (χ0n) is 8.94. The van der Waals surface area contributed by atoms with Crippen molar-refractivity contribution < 1.29 is 27.1 Å². The highest BCUT2D eigenvalue weighted by atomic mass is 35.5. The Morgan fingerprint density at radius 2 is 1.59 bits per heavy atom. The number of halogens is 6. The van der Waals surface area contributed by atoms with Gasteiger partial charge in [0.15, 0.2) is 5.60 Å². The average molecular weight is 284 g/mol. The van der Waals surface area contributed by atoms with E-state index in [2.05, 4.69) is 0 Å². The highest BCUT2D eigenvalue weighted by Crippen LogP contribution is 2.45. The van der Waals surface area contributed by atoms with Crippen LogP contribution >= 0.6 is 12.4 Å². The molecule has 0 aromatic heterocycles. The first kappa shape index (κ1) is 16.9. The molecule has 104 valence electrons. The Bertz CT molecular complexity index is 250. The molecule has 2 nitrogen and oxygen atoms in total. The van der Waals surface area contributed by atoms with Gasteiger partial charge in [0.1, 0.15) is 0 Å². The van der Waals surface area contributed by atoms with E-state index in [0.29, 0.717) is 0 Å². The molecule has 0 saturated heterocycles. The maximum Gasteiger partial charge on any atom is 0.418 e. The summed E-state index contributed by atoms with van der Waals surface area (Å²) >= 11 is 0. The van der Waals surface area contributed by atoms with Gasteiger partial charge in [-0.15, -0.1) is 12.4 Å². The topological polar surface area (TPSA) is 46.2 Å². The Hall–Kier alpha value is -0.140. The second kappa shape index (κ2) is 5.24. The van der Waals surface area contributed by atoms with Crippen LogP contribution in [0.5, 0.6) is 0 Å². The molecule has 0 heterocycles. The van der Waals surface area contributed by atoms with Crippen LogP contribution in [0.1, 0.15) is 25.7 Å². The molecule has 1 aliphatic rings. The standard InChI is InChI=1S/C9H14F5NO.ClH/c10-7(11)3-1-6(2-4-7)8(16,5-15)9(12,13)14;/h6,16H,1-5,15H2;1H. The molecule has 3 N–H and O–H groups in total. The lowest BCUT2D eigenvalue weighted by Gasteiger charge is -2.40. The van der Waals surface area contributed by atoms with Crippen LogP contribution in [0.25, 0.3) is 0 Å². The van der Waals surface area contributed by atoms with Crippen molar-refractivity contribution in [2.75, 3.05) is 6.54 Å². The molecule has 1 atom stereocenters. The monoisotopic (exact) mass is 283 g/mol. The molecule has 0 spiro atoms. The Labute approximate surface area is 102 Å². The van der Waals surface area contributed by atoms with Gasteiger partial charge in [0.25, 0.3) is 0 Å². The molecule has 1 rings (SSSR count). The van der Waals surface area contributed by atoms with E-state index in [9.17, 15) is 27.1 Å². The third-order valence-corrected chi connectivity index (χ3v) is 3.19. The van der Waals surface area contributed by atoms with E-state index in [1.54, 1.807) is 0 Å².